The molecule has 2 fully saturated rings. The Morgan fingerprint density at radius 1 is 1.16 bits per heavy atom. The lowest BCUT2D eigenvalue weighted by Gasteiger charge is -2.32. The van der Waals surface area contributed by atoms with Gasteiger partial charge in [0.15, 0.2) is 0 Å². The molecule has 3 aromatic rings. The number of primary amides is 1. The summed E-state index contributed by atoms with van der Waals surface area (Å²) in [6.07, 6.45) is 5.57. The van der Waals surface area contributed by atoms with Crippen LogP contribution in [0.1, 0.15) is 66.2 Å². The van der Waals surface area contributed by atoms with Crippen molar-refractivity contribution in [1.29, 1.82) is 0 Å². The summed E-state index contributed by atoms with van der Waals surface area (Å²) in [5, 5.41) is 12.3. The van der Waals surface area contributed by atoms with E-state index in [-0.39, 0.29) is 18.6 Å². The fraction of sp³-hybridized carbons (Fsp3) is 0.519. The van der Waals surface area contributed by atoms with Gasteiger partial charge in [-0.05, 0) is 92.3 Å². The Kier molecular flexibility index (Phi) is 7.48. The van der Waals surface area contributed by atoms with Gasteiger partial charge < -0.3 is 15.8 Å². The lowest BCUT2D eigenvalue weighted by molar-refractivity contribution is 0.100. The molecular weight excluding hydrogens is 508 g/mol. The number of rotatable bonds is 8. The number of H-pyrrole nitrogens is 1. The van der Waals surface area contributed by atoms with Crippen LogP contribution < -0.4 is 5.73 Å². The Labute approximate surface area is 222 Å². The maximum Gasteiger partial charge on any atom is 0.250 e. The number of likely N-dealkylation sites (tertiary alicyclic amines) is 1. The van der Waals surface area contributed by atoms with Gasteiger partial charge in [0.05, 0.1) is 22.9 Å². The smallest absolute Gasteiger partial charge is 0.250 e. The number of amides is 1. The number of fused-ring (bicyclic) bond motifs is 1. The van der Waals surface area contributed by atoms with E-state index < -0.39 is 21.2 Å². The van der Waals surface area contributed by atoms with Crippen molar-refractivity contribution >= 4 is 38.2 Å². The number of nitrogens with two attached hydrogens (primary N) is 1. The highest BCUT2D eigenvalue weighted by Crippen LogP contribution is 2.38. The summed E-state index contributed by atoms with van der Waals surface area (Å²) in [4.78, 5) is 19.2. The van der Waals surface area contributed by atoms with Gasteiger partial charge in [0.25, 0.3) is 5.91 Å². The van der Waals surface area contributed by atoms with Crippen LogP contribution in [-0.2, 0) is 16.6 Å². The third-order valence-corrected chi connectivity index (χ3v) is 11.2. The molecule has 1 unspecified atom stereocenters. The van der Waals surface area contributed by atoms with Gasteiger partial charge in [-0.1, -0.05) is 0 Å². The molecule has 1 atom stereocenters. The first-order chi connectivity index (χ1) is 17.7. The van der Waals surface area contributed by atoms with E-state index in [1.165, 1.54) is 4.88 Å². The summed E-state index contributed by atoms with van der Waals surface area (Å²) in [5.74, 6) is -0.275. The highest BCUT2D eigenvalue weighted by molar-refractivity contribution is 7.89. The number of carbonyl (C=O) groups is 1. The fourth-order valence-electron chi connectivity index (χ4n) is 5.80. The average molecular weight is 545 g/mol. The molecule has 1 amide bonds. The number of thiophene rings is 1. The van der Waals surface area contributed by atoms with E-state index in [1.807, 2.05) is 12.3 Å². The maximum absolute atomic E-state index is 12.6. The first-order valence-electron chi connectivity index (χ1n) is 13.1. The molecule has 2 aliphatic rings. The normalized spacial score (nSPS) is 20.4. The largest absolute Gasteiger partial charge is 0.395 e. The zero-order valence-corrected chi connectivity index (χ0v) is 23.1. The van der Waals surface area contributed by atoms with E-state index in [4.69, 9.17) is 5.73 Å². The molecule has 5 rings (SSSR count). The van der Waals surface area contributed by atoms with Crippen molar-refractivity contribution in [2.75, 3.05) is 26.2 Å². The van der Waals surface area contributed by atoms with Crippen LogP contribution in [-0.4, -0.2) is 71.2 Å². The van der Waals surface area contributed by atoms with E-state index in [0.717, 1.165) is 66.4 Å². The fourth-order valence-corrected chi connectivity index (χ4v) is 8.03. The minimum Gasteiger partial charge on any atom is -0.395 e. The van der Waals surface area contributed by atoms with Crippen LogP contribution in [0.2, 0.25) is 0 Å². The molecule has 2 saturated heterocycles. The molecule has 0 spiro atoms. The second-order valence-corrected chi connectivity index (χ2v) is 14.1. The molecule has 4 N–H and O–H groups in total. The van der Waals surface area contributed by atoms with Crippen molar-refractivity contribution in [2.24, 2.45) is 5.73 Å². The molecule has 37 heavy (non-hydrogen) atoms. The first-order valence-corrected chi connectivity index (χ1v) is 15.4. The SMILES string of the molecule is CC(C)S(=O)(=O)N1CCC(c2c[nH]c3c(C(N)=O)cc(-c4csc(CN5CCCC5CO)c4)cc23)CC1. The van der Waals surface area contributed by atoms with Crippen molar-refractivity contribution in [3.63, 3.8) is 0 Å². The van der Waals surface area contributed by atoms with Crippen molar-refractivity contribution in [3.05, 3.63) is 45.8 Å². The number of aromatic amines is 1. The predicted molar refractivity (Wildman–Crippen MR) is 148 cm³/mol. The Bertz CT molecular complexity index is 1390. The molecule has 0 bridgehead atoms. The number of benzene rings is 1. The number of hydrogen-bond donors (Lipinski definition) is 3. The zero-order chi connectivity index (χ0) is 26.3. The number of nitrogens with zero attached hydrogens (tertiary/aromatic N) is 2. The lowest BCUT2D eigenvalue weighted by atomic mass is 9.88. The Balaban J connectivity index is 1.43. The second kappa shape index (κ2) is 10.5. The molecule has 0 radical (unpaired) electrons. The van der Waals surface area contributed by atoms with Crippen LogP contribution in [0.3, 0.4) is 0 Å². The Morgan fingerprint density at radius 2 is 1.92 bits per heavy atom. The molecule has 10 heteroatoms. The number of carbonyl (C=O) groups excluding carboxylic acids is 1. The first kappa shape index (κ1) is 26.4. The van der Waals surface area contributed by atoms with Crippen molar-refractivity contribution in [2.45, 2.75) is 63.3 Å². The second-order valence-electron chi connectivity index (χ2n) is 10.6. The monoisotopic (exact) mass is 544 g/mol. The van der Waals surface area contributed by atoms with Crippen LogP contribution in [0, 0.1) is 0 Å². The van der Waals surface area contributed by atoms with E-state index in [9.17, 15) is 18.3 Å². The van der Waals surface area contributed by atoms with Gasteiger partial charge in [-0.2, -0.15) is 0 Å². The van der Waals surface area contributed by atoms with Gasteiger partial charge >= 0.3 is 0 Å². The van der Waals surface area contributed by atoms with Crippen LogP contribution in [0.5, 0.6) is 0 Å². The molecule has 0 aliphatic carbocycles. The molecule has 200 valence electrons. The number of sulfonamides is 1. The number of aromatic nitrogens is 1. The average Bonchev–Trinajstić information content (AvgIpc) is 3.63. The summed E-state index contributed by atoms with van der Waals surface area (Å²) in [7, 11) is -3.26. The minimum absolute atomic E-state index is 0.190. The Hall–Kier alpha value is -2.24. The number of piperidine rings is 1. The van der Waals surface area contributed by atoms with Gasteiger partial charge in [0.2, 0.25) is 10.0 Å². The van der Waals surface area contributed by atoms with E-state index in [2.05, 4.69) is 27.4 Å². The number of aliphatic hydroxyl groups excluding tert-OH is 1. The third kappa shape index (κ3) is 5.09. The topological polar surface area (TPSA) is 120 Å². The van der Waals surface area contributed by atoms with E-state index in [1.54, 1.807) is 29.5 Å². The van der Waals surface area contributed by atoms with Crippen molar-refractivity contribution in [3.8, 4) is 11.1 Å². The maximum atomic E-state index is 12.6. The van der Waals surface area contributed by atoms with Crippen molar-refractivity contribution < 1.29 is 18.3 Å². The number of aliphatic hydroxyl groups is 1. The summed E-state index contributed by atoms with van der Waals surface area (Å²) < 4.78 is 26.8. The number of hydrogen-bond acceptors (Lipinski definition) is 6. The van der Waals surface area contributed by atoms with E-state index in [0.29, 0.717) is 18.7 Å². The highest BCUT2D eigenvalue weighted by atomic mass is 32.2. The molecular formula is C27H36N4O4S2. The third-order valence-electron chi connectivity index (χ3n) is 7.99. The van der Waals surface area contributed by atoms with Gasteiger partial charge in [-0.25, -0.2) is 12.7 Å². The van der Waals surface area contributed by atoms with Gasteiger partial charge in [0, 0.05) is 42.1 Å². The standard InChI is InChI=1S/C27H36N4O4S2/c1-17(2)37(34,35)31-8-5-18(6-9-31)25-13-29-26-23(25)11-19(12-24(26)27(28)33)20-10-22(36-16-20)14-30-7-3-4-21(30)15-32/h10-13,16-18,21,29,32H,3-9,14-15H2,1-2H3,(H2,28,33). The molecule has 0 saturated carbocycles. The summed E-state index contributed by atoms with van der Waals surface area (Å²) >= 11 is 1.69. The lowest BCUT2D eigenvalue weighted by Crippen LogP contribution is -2.41. The molecule has 2 aliphatic heterocycles. The molecule has 2 aromatic heterocycles. The number of nitrogens with one attached hydrogen (secondary N) is 1. The van der Waals surface area contributed by atoms with Gasteiger partial charge in [-0.3, -0.25) is 9.69 Å². The highest BCUT2D eigenvalue weighted by Gasteiger charge is 2.32. The van der Waals surface area contributed by atoms with Crippen LogP contribution in [0.15, 0.2) is 29.8 Å². The molecule has 4 heterocycles. The van der Waals surface area contributed by atoms with Crippen LogP contribution >= 0.6 is 11.3 Å². The zero-order valence-electron chi connectivity index (χ0n) is 21.4. The van der Waals surface area contributed by atoms with Gasteiger partial charge in [-0.15, -0.1) is 11.3 Å². The summed E-state index contributed by atoms with van der Waals surface area (Å²) in [6, 6.07) is 6.39. The minimum atomic E-state index is -3.26. The quantitative estimate of drug-likeness (QED) is 0.398. The van der Waals surface area contributed by atoms with Crippen LogP contribution in [0.25, 0.3) is 22.0 Å². The molecule has 8 nitrogen and oxygen atoms in total. The summed E-state index contributed by atoms with van der Waals surface area (Å²) in [5.41, 5.74) is 10.1. The Morgan fingerprint density at radius 3 is 2.59 bits per heavy atom. The van der Waals surface area contributed by atoms with Gasteiger partial charge in [0.1, 0.15) is 0 Å². The van der Waals surface area contributed by atoms with Crippen LogP contribution in [0.4, 0.5) is 0 Å². The molecule has 1 aromatic carbocycles. The summed E-state index contributed by atoms with van der Waals surface area (Å²) in [6.45, 7) is 6.45. The predicted octanol–water partition coefficient (Wildman–Crippen LogP) is 3.87. The van der Waals surface area contributed by atoms with Crippen molar-refractivity contribution in [1.82, 2.24) is 14.2 Å². The van der Waals surface area contributed by atoms with E-state index >= 15 is 0 Å².